The first kappa shape index (κ1) is 20.3. The predicted octanol–water partition coefficient (Wildman–Crippen LogP) is 7.69. The van der Waals surface area contributed by atoms with Gasteiger partial charge < -0.3 is 0 Å². The average Bonchev–Trinajstić information content (AvgIpc) is 2.43. The molecule has 0 atom stereocenters. The molecule has 0 fully saturated rings. The van der Waals surface area contributed by atoms with Crippen LogP contribution in [0, 0.1) is 5.92 Å². The second-order valence-corrected chi connectivity index (χ2v) is 7.24. The quantitative estimate of drug-likeness (QED) is 0.256. The smallest absolute Gasteiger partial charge is 0.00369 e. The van der Waals surface area contributed by atoms with Crippen LogP contribution in [0.5, 0.6) is 0 Å². The van der Waals surface area contributed by atoms with Gasteiger partial charge in [0.15, 0.2) is 0 Å². The highest BCUT2D eigenvalue weighted by atomic mass is 32.1. The van der Waals surface area contributed by atoms with Gasteiger partial charge in [-0.3, -0.25) is 0 Å². The van der Waals surface area contributed by atoms with E-state index in [1.165, 1.54) is 96.3 Å². The molecule has 0 amide bonds. The second-order valence-electron chi connectivity index (χ2n) is 6.84. The van der Waals surface area contributed by atoms with Crippen molar-refractivity contribution in [1.82, 2.24) is 0 Å². The van der Waals surface area contributed by atoms with E-state index in [1.807, 2.05) is 0 Å². The SMILES string of the molecule is CC(C)CCCCCCCCCCCCCCCC[S]. The molecular formula is C19H39S. The molecule has 0 saturated carbocycles. The predicted molar refractivity (Wildman–Crippen MR) is 96.6 cm³/mol. The highest BCUT2D eigenvalue weighted by Crippen LogP contribution is 2.14. The molecule has 0 aliphatic carbocycles. The van der Waals surface area contributed by atoms with Crippen LogP contribution < -0.4 is 0 Å². The van der Waals surface area contributed by atoms with E-state index in [0.717, 1.165) is 11.7 Å². The molecule has 121 valence electrons. The van der Waals surface area contributed by atoms with Gasteiger partial charge in [-0.05, 0) is 12.3 Å². The first-order valence-corrected chi connectivity index (χ1v) is 9.93. The molecule has 0 spiro atoms. The maximum Gasteiger partial charge on any atom is 0.00369 e. The maximum atomic E-state index is 4.96. The fourth-order valence-corrected chi connectivity index (χ4v) is 2.98. The van der Waals surface area contributed by atoms with Crippen LogP contribution in [-0.4, -0.2) is 5.75 Å². The molecule has 0 rings (SSSR count). The van der Waals surface area contributed by atoms with E-state index in [-0.39, 0.29) is 0 Å². The van der Waals surface area contributed by atoms with Crippen molar-refractivity contribution in [3.05, 3.63) is 0 Å². The molecule has 0 saturated heterocycles. The van der Waals surface area contributed by atoms with Crippen LogP contribution in [0.3, 0.4) is 0 Å². The van der Waals surface area contributed by atoms with E-state index < -0.39 is 0 Å². The lowest BCUT2D eigenvalue weighted by Gasteiger charge is -2.04. The van der Waals surface area contributed by atoms with Crippen molar-refractivity contribution >= 4 is 12.6 Å². The minimum atomic E-state index is 0.895. The summed E-state index contributed by atoms with van der Waals surface area (Å²) in [5.41, 5.74) is 0. The first-order chi connectivity index (χ1) is 9.77. The Balaban J connectivity index is 2.92. The lowest BCUT2D eigenvalue weighted by molar-refractivity contribution is 0.502. The fourth-order valence-electron chi connectivity index (χ4n) is 2.78. The van der Waals surface area contributed by atoms with Gasteiger partial charge >= 0.3 is 0 Å². The monoisotopic (exact) mass is 299 g/mol. The lowest BCUT2D eigenvalue weighted by Crippen LogP contribution is -1.87. The lowest BCUT2D eigenvalue weighted by atomic mass is 10.0. The van der Waals surface area contributed by atoms with Gasteiger partial charge in [0.25, 0.3) is 0 Å². The molecule has 0 N–H and O–H groups in total. The first-order valence-electron chi connectivity index (χ1n) is 9.35. The Morgan fingerprint density at radius 1 is 0.500 bits per heavy atom. The third-order valence-corrected chi connectivity index (χ3v) is 4.46. The Bertz CT molecular complexity index is 165. The Hall–Kier alpha value is 0.350. The van der Waals surface area contributed by atoms with E-state index in [2.05, 4.69) is 13.8 Å². The van der Waals surface area contributed by atoms with Gasteiger partial charge in [-0.15, -0.1) is 0 Å². The zero-order valence-corrected chi connectivity index (χ0v) is 15.1. The van der Waals surface area contributed by atoms with Gasteiger partial charge in [0.1, 0.15) is 0 Å². The summed E-state index contributed by atoms with van der Waals surface area (Å²) in [6, 6.07) is 0. The van der Waals surface area contributed by atoms with E-state index in [4.69, 9.17) is 12.6 Å². The Kier molecular flexibility index (Phi) is 17.7. The van der Waals surface area contributed by atoms with Crippen LogP contribution in [0.1, 0.15) is 110 Å². The third kappa shape index (κ3) is 18.4. The molecule has 0 aliphatic rings. The van der Waals surface area contributed by atoms with Crippen molar-refractivity contribution in [3.8, 4) is 0 Å². The zero-order chi connectivity index (χ0) is 14.9. The molecule has 0 aromatic rings. The van der Waals surface area contributed by atoms with E-state index in [0.29, 0.717) is 0 Å². The standard InChI is InChI=1S/C19H39S/c1-19(2)17-15-13-11-9-7-5-3-4-6-8-10-12-14-16-18-20/h19H,3-18H2,1-2H3. The molecule has 0 aromatic heterocycles. The number of hydrogen-bond acceptors (Lipinski definition) is 0. The summed E-state index contributed by atoms with van der Waals surface area (Å²) in [4.78, 5) is 0. The molecule has 0 aliphatic heterocycles. The normalized spacial score (nSPS) is 11.4. The summed E-state index contributed by atoms with van der Waals surface area (Å²) in [5.74, 6) is 1.85. The van der Waals surface area contributed by atoms with Crippen LogP contribution in [0.25, 0.3) is 0 Å². The molecule has 0 nitrogen and oxygen atoms in total. The van der Waals surface area contributed by atoms with Gasteiger partial charge in [-0.1, -0.05) is 116 Å². The van der Waals surface area contributed by atoms with Crippen molar-refractivity contribution in [1.29, 1.82) is 0 Å². The maximum absolute atomic E-state index is 4.96. The van der Waals surface area contributed by atoms with Gasteiger partial charge in [0.2, 0.25) is 0 Å². The van der Waals surface area contributed by atoms with Gasteiger partial charge in [0.05, 0.1) is 0 Å². The minimum Gasteiger partial charge on any atom is -0.0942 e. The number of unbranched alkanes of at least 4 members (excludes halogenated alkanes) is 13. The Labute approximate surface area is 134 Å². The van der Waals surface area contributed by atoms with Crippen molar-refractivity contribution in [3.63, 3.8) is 0 Å². The van der Waals surface area contributed by atoms with Crippen LogP contribution >= 0.6 is 12.6 Å². The average molecular weight is 300 g/mol. The van der Waals surface area contributed by atoms with Crippen LogP contribution in [0.4, 0.5) is 0 Å². The molecule has 1 heteroatoms. The van der Waals surface area contributed by atoms with E-state index >= 15 is 0 Å². The Morgan fingerprint density at radius 3 is 1.10 bits per heavy atom. The van der Waals surface area contributed by atoms with Crippen LogP contribution in [-0.2, 0) is 0 Å². The summed E-state index contributed by atoms with van der Waals surface area (Å²) in [6.45, 7) is 4.66. The highest BCUT2D eigenvalue weighted by molar-refractivity contribution is 7.80. The number of hydrogen-bond donors (Lipinski definition) is 0. The largest absolute Gasteiger partial charge is 0.0942 e. The molecule has 0 heterocycles. The molecule has 20 heavy (non-hydrogen) atoms. The van der Waals surface area contributed by atoms with Crippen molar-refractivity contribution in [2.24, 2.45) is 5.92 Å². The van der Waals surface area contributed by atoms with Crippen molar-refractivity contribution < 1.29 is 0 Å². The topological polar surface area (TPSA) is 0 Å². The van der Waals surface area contributed by atoms with E-state index in [1.54, 1.807) is 0 Å². The van der Waals surface area contributed by atoms with Gasteiger partial charge in [0, 0.05) is 5.75 Å². The summed E-state index contributed by atoms with van der Waals surface area (Å²) in [7, 11) is 0. The summed E-state index contributed by atoms with van der Waals surface area (Å²) < 4.78 is 0. The van der Waals surface area contributed by atoms with Crippen molar-refractivity contribution in [2.75, 3.05) is 5.75 Å². The summed E-state index contributed by atoms with van der Waals surface area (Å²) in [6.07, 6.45) is 21.5. The molecule has 0 bridgehead atoms. The molecule has 1 radical (unpaired) electrons. The molecule has 0 aromatic carbocycles. The third-order valence-electron chi connectivity index (χ3n) is 4.18. The second kappa shape index (κ2) is 17.4. The highest BCUT2D eigenvalue weighted by Gasteiger charge is 1.95. The van der Waals surface area contributed by atoms with Crippen LogP contribution in [0.2, 0.25) is 0 Å². The fraction of sp³-hybridized carbons (Fsp3) is 1.00. The van der Waals surface area contributed by atoms with Crippen molar-refractivity contribution in [2.45, 2.75) is 110 Å². The van der Waals surface area contributed by atoms with Crippen LogP contribution in [0.15, 0.2) is 0 Å². The molecular weight excluding hydrogens is 260 g/mol. The molecule has 0 unspecified atom stereocenters. The van der Waals surface area contributed by atoms with Gasteiger partial charge in [-0.2, -0.15) is 0 Å². The number of rotatable bonds is 16. The van der Waals surface area contributed by atoms with Gasteiger partial charge in [-0.25, -0.2) is 0 Å². The zero-order valence-electron chi connectivity index (χ0n) is 14.3. The summed E-state index contributed by atoms with van der Waals surface area (Å²) >= 11 is 4.96. The summed E-state index contributed by atoms with van der Waals surface area (Å²) in [5, 5.41) is 0. The van der Waals surface area contributed by atoms with E-state index in [9.17, 15) is 0 Å². The minimum absolute atomic E-state index is 0.895. The Morgan fingerprint density at radius 2 is 0.800 bits per heavy atom.